The van der Waals surface area contributed by atoms with Gasteiger partial charge in [-0.15, -0.1) is 0 Å². The summed E-state index contributed by atoms with van der Waals surface area (Å²) in [5.41, 5.74) is 0.678. The number of nitro groups is 1. The number of aliphatic hydroxyl groups excluding tert-OH is 2. The van der Waals surface area contributed by atoms with Crippen LogP contribution in [0.3, 0.4) is 0 Å². The SMILES string of the molecule is O=[N+]([O-])c1ccc2n[nH]c(C(O)C(O)CCS)c2c1. The number of H-pyrrole nitrogens is 1. The van der Waals surface area contributed by atoms with Crippen LogP contribution in [0.1, 0.15) is 18.2 Å². The van der Waals surface area contributed by atoms with E-state index in [9.17, 15) is 20.3 Å². The third-order valence-electron chi connectivity index (χ3n) is 2.86. The molecule has 1 aromatic carbocycles. The number of nitrogens with one attached hydrogen (secondary N) is 1. The highest BCUT2D eigenvalue weighted by molar-refractivity contribution is 7.80. The molecule has 0 bridgehead atoms. The lowest BCUT2D eigenvalue weighted by molar-refractivity contribution is -0.384. The van der Waals surface area contributed by atoms with Crippen molar-refractivity contribution < 1.29 is 15.1 Å². The summed E-state index contributed by atoms with van der Waals surface area (Å²) in [6, 6.07) is 4.15. The Bertz CT molecular complexity index is 601. The number of nitrogens with zero attached hydrogens (tertiary/aromatic N) is 2. The minimum Gasteiger partial charge on any atom is -0.390 e. The number of non-ortho nitro benzene ring substituents is 1. The Morgan fingerprint density at radius 3 is 2.84 bits per heavy atom. The summed E-state index contributed by atoms with van der Waals surface area (Å²) in [5, 5.41) is 37.5. The maximum Gasteiger partial charge on any atom is 0.270 e. The van der Waals surface area contributed by atoms with Crippen molar-refractivity contribution >= 4 is 29.2 Å². The van der Waals surface area contributed by atoms with Crippen LogP contribution in [0.5, 0.6) is 0 Å². The van der Waals surface area contributed by atoms with Crippen molar-refractivity contribution in [2.75, 3.05) is 5.75 Å². The molecule has 0 amide bonds. The molecule has 7 nitrogen and oxygen atoms in total. The van der Waals surface area contributed by atoms with E-state index in [0.717, 1.165) is 0 Å². The van der Waals surface area contributed by atoms with E-state index in [-0.39, 0.29) is 11.4 Å². The molecule has 19 heavy (non-hydrogen) atoms. The Hall–Kier alpha value is -1.64. The van der Waals surface area contributed by atoms with Crippen molar-refractivity contribution in [2.24, 2.45) is 0 Å². The zero-order valence-electron chi connectivity index (χ0n) is 9.85. The summed E-state index contributed by atoms with van der Waals surface area (Å²) in [4.78, 5) is 10.2. The quantitative estimate of drug-likeness (QED) is 0.374. The molecule has 0 aliphatic rings. The number of hydrogen-bond acceptors (Lipinski definition) is 6. The monoisotopic (exact) mass is 283 g/mol. The van der Waals surface area contributed by atoms with Crippen molar-refractivity contribution in [2.45, 2.75) is 18.6 Å². The second-order valence-electron chi connectivity index (χ2n) is 4.12. The molecule has 0 aliphatic heterocycles. The molecule has 102 valence electrons. The van der Waals surface area contributed by atoms with Crippen LogP contribution in [0, 0.1) is 10.1 Å². The average molecular weight is 283 g/mol. The zero-order chi connectivity index (χ0) is 14.0. The van der Waals surface area contributed by atoms with Gasteiger partial charge in [0.15, 0.2) is 0 Å². The molecule has 0 fully saturated rings. The van der Waals surface area contributed by atoms with Gasteiger partial charge in [-0.05, 0) is 18.2 Å². The van der Waals surface area contributed by atoms with Gasteiger partial charge in [-0.3, -0.25) is 15.2 Å². The molecule has 0 radical (unpaired) electrons. The van der Waals surface area contributed by atoms with Crippen molar-refractivity contribution in [3.8, 4) is 0 Å². The van der Waals surface area contributed by atoms with Crippen LogP contribution in [0.25, 0.3) is 10.9 Å². The molecule has 0 saturated heterocycles. The van der Waals surface area contributed by atoms with Crippen LogP contribution in [-0.4, -0.2) is 37.2 Å². The van der Waals surface area contributed by atoms with Crippen LogP contribution in [0.15, 0.2) is 18.2 Å². The molecular weight excluding hydrogens is 270 g/mol. The largest absolute Gasteiger partial charge is 0.390 e. The Labute approximate surface area is 113 Å². The standard InChI is InChI=1S/C11H13N3O4S/c15-9(3-4-19)11(16)10-7-5-6(14(17)18)1-2-8(7)12-13-10/h1-2,5,9,11,15-16,19H,3-4H2,(H,12,13). The number of benzene rings is 1. The number of hydrogen-bond donors (Lipinski definition) is 4. The van der Waals surface area contributed by atoms with Crippen LogP contribution in [0.2, 0.25) is 0 Å². The zero-order valence-corrected chi connectivity index (χ0v) is 10.7. The summed E-state index contributed by atoms with van der Waals surface area (Å²) in [5.74, 6) is 0.421. The number of thiol groups is 1. The van der Waals surface area contributed by atoms with Gasteiger partial charge in [0.2, 0.25) is 0 Å². The normalized spacial score (nSPS) is 14.5. The Morgan fingerprint density at radius 2 is 2.21 bits per heavy atom. The minimum absolute atomic E-state index is 0.0916. The summed E-state index contributed by atoms with van der Waals surface area (Å²) in [6.07, 6.45) is -1.88. The molecule has 2 atom stereocenters. The lowest BCUT2D eigenvalue weighted by Gasteiger charge is -2.15. The van der Waals surface area contributed by atoms with Gasteiger partial charge >= 0.3 is 0 Å². The number of rotatable bonds is 5. The number of nitro benzene ring substituents is 1. The first-order valence-corrected chi connectivity index (χ1v) is 6.27. The van der Waals surface area contributed by atoms with Crippen molar-refractivity contribution in [3.63, 3.8) is 0 Å². The van der Waals surface area contributed by atoms with Gasteiger partial charge in [0.1, 0.15) is 6.10 Å². The van der Waals surface area contributed by atoms with Gasteiger partial charge < -0.3 is 10.2 Å². The second kappa shape index (κ2) is 5.55. The van der Waals surface area contributed by atoms with Gasteiger partial charge in [0, 0.05) is 17.5 Å². The molecule has 2 aromatic rings. The first kappa shape index (κ1) is 13.8. The molecule has 1 heterocycles. The lowest BCUT2D eigenvalue weighted by atomic mass is 10.0. The molecule has 0 spiro atoms. The number of aliphatic hydroxyl groups is 2. The third kappa shape index (κ3) is 2.70. The predicted octanol–water partition coefficient (Wildman–Crippen LogP) is 1.19. The fourth-order valence-corrected chi connectivity index (χ4v) is 2.10. The molecule has 2 rings (SSSR count). The van der Waals surface area contributed by atoms with Crippen LogP contribution in [0.4, 0.5) is 5.69 Å². The van der Waals surface area contributed by atoms with Crippen LogP contribution >= 0.6 is 12.6 Å². The lowest BCUT2D eigenvalue weighted by Crippen LogP contribution is -2.19. The topological polar surface area (TPSA) is 112 Å². The van der Waals surface area contributed by atoms with E-state index in [1.165, 1.54) is 18.2 Å². The third-order valence-corrected chi connectivity index (χ3v) is 3.12. The number of aromatic nitrogens is 2. The van der Waals surface area contributed by atoms with Crippen molar-refractivity contribution in [1.82, 2.24) is 10.2 Å². The first-order chi connectivity index (χ1) is 9.04. The fourth-order valence-electron chi connectivity index (χ4n) is 1.84. The Morgan fingerprint density at radius 1 is 1.47 bits per heavy atom. The molecule has 2 unspecified atom stereocenters. The van der Waals surface area contributed by atoms with Gasteiger partial charge in [0.25, 0.3) is 5.69 Å². The van der Waals surface area contributed by atoms with Gasteiger partial charge in [0.05, 0.1) is 22.2 Å². The second-order valence-corrected chi connectivity index (χ2v) is 4.57. The van der Waals surface area contributed by atoms with Gasteiger partial charge in [-0.25, -0.2) is 0 Å². The van der Waals surface area contributed by atoms with E-state index in [2.05, 4.69) is 22.8 Å². The maximum absolute atomic E-state index is 10.7. The average Bonchev–Trinajstić information content (AvgIpc) is 2.80. The molecule has 0 aliphatic carbocycles. The van der Waals surface area contributed by atoms with E-state index in [1.807, 2.05) is 0 Å². The smallest absolute Gasteiger partial charge is 0.270 e. The van der Waals surface area contributed by atoms with Gasteiger partial charge in [-0.1, -0.05) is 0 Å². The first-order valence-electron chi connectivity index (χ1n) is 5.64. The summed E-state index contributed by atoms with van der Waals surface area (Å²) in [7, 11) is 0. The number of fused-ring (bicyclic) bond motifs is 1. The van der Waals surface area contributed by atoms with Gasteiger partial charge in [-0.2, -0.15) is 17.7 Å². The van der Waals surface area contributed by atoms with E-state index < -0.39 is 17.1 Å². The van der Waals surface area contributed by atoms with Crippen LogP contribution < -0.4 is 0 Å². The fraction of sp³-hybridized carbons (Fsp3) is 0.364. The van der Waals surface area contributed by atoms with E-state index >= 15 is 0 Å². The molecule has 0 saturated carbocycles. The number of aromatic amines is 1. The Kier molecular flexibility index (Phi) is 4.03. The molecule has 8 heteroatoms. The highest BCUT2D eigenvalue weighted by atomic mass is 32.1. The maximum atomic E-state index is 10.7. The van der Waals surface area contributed by atoms with E-state index in [0.29, 0.717) is 23.1 Å². The van der Waals surface area contributed by atoms with E-state index in [4.69, 9.17) is 0 Å². The minimum atomic E-state index is -1.18. The molecular formula is C11H13N3O4S. The predicted molar refractivity (Wildman–Crippen MR) is 72.2 cm³/mol. The summed E-state index contributed by atoms with van der Waals surface area (Å²) in [6.45, 7) is 0. The molecule has 3 N–H and O–H groups in total. The highest BCUT2D eigenvalue weighted by Gasteiger charge is 2.23. The van der Waals surface area contributed by atoms with Crippen molar-refractivity contribution in [1.29, 1.82) is 0 Å². The van der Waals surface area contributed by atoms with E-state index in [1.54, 1.807) is 0 Å². The highest BCUT2D eigenvalue weighted by Crippen LogP contribution is 2.28. The Balaban J connectivity index is 2.43. The summed E-state index contributed by atoms with van der Waals surface area (Å²) >= 11 is 3.98. The van der Waals surface area contributed by atoms with Crippen LogP contribution in [-0.2, 0) is 0 Å². The van der Waals surface area contributed by atoms with Crippen molar-refractivity contribution in [3.05, 3.63) is 34.0 Å². The summed E-state index contributed by atoms with van der Waals surface area (Å²) < 4.78 is 0. The molecule has 1 aromatic heterocycles.